The molecule has 0 bridgehead atoms. The van der Waals surface area contributed by atoms with Crippen LogP contribution in [0.5, 0.6) is 0 Å². The van der Waals surface area contributed by atoms with Crippen molar-refractivity contribution in [2.45, 2.75) is 19.2 Å². The Hall–Kier alpha value is -1.88. The molecule has 3 rings (SSSR count). The van der Waals surface area contributed by atoms with Crippen LogP contribution >= 0.6 is 11.8 Å². The minimum atomic E-state index is -0.0756. The highest BCUT2D eigenvalue weighted by atomic mass is 32.2. The van der Waals surface area contributed by atoms with E-state index in [1.54, 1.807) is 18.0 Å². The summed E-state index contributed by atoms with van der Waals surface area (Å²) in [4.78, 5) is 14.3. The number of nitrogens with one attached hydrogen (secondary N) is 1. The summed E-state index contributed by atoms with van der Waals surface area (Å²) in [6.07, 6.45) is 1.65. The SMILES string of the molecule is Cc1ccc(NC(=O)N2CCS[C@H]2c2ccco2)c(C)c1. The number of carbonyl (C=O) groups is 1. The van der Waals surface area contributed by atoms with Crippen molar-refractivity contribution in [1.29, 1.82) is 0 Å². The van der Waals surface area contributed by atoms with Gasteiger partial charge in [0.15, 0.2) is 0 Å². The topological polar surface area (TPSA) is 45.5 Å². The first-order valence-corrected chi connectivity index (χ1v) is 8.00. The maximum atomic E-state index is 12.5. The third kappa shape index (κ3) is 2.93. The van der Waals surface area contributed by atoms with Crippen LogP contribution in [-0.4, -0.2) is 23.2 Å². The van der Waals surface area contributed by atoms with Gasteiger partial charge < -0.3 is 14.6 Å². The molecule has 1 aromatic heterocycles. The highest BCUT2D eigenvalue weighted by Gasteiger charge is 2.32. The smallest absolute Gasteiger partial charge is 0.323 e. The van der Waals surface area contributed by atoms with Crippen molar-refractivity contribution in [3.05, 3.63) is 53.5 Å². The van der Waals surface area contributed by atoms with Gasteiger partial charge in [0.05, 0.1) is 6.26 Å². The van der Waals surface area contributed by atoms with Gasteiger partial charge in [0.25, 0.3) is 0 Å². The van der Waals surface area contributed by atoms with E-state index in [9.17, 15) is 4.79 Å². The average molecular weight is 302 g/mol. The average Bonchev–Trinajstić information content (AvgIpc) is 3.10. The Morgan fingerprint density at radius 3 is 2.95 bits per heavy atom. The maximum absolute atomic E-state index is 12.5. The first kappa shape index (κ1) is 14.1. The van der Waals surface area contributed by atoms with Gasteiger partial charge in [-0.05, 0) is 37.6 Å². The Morgan fingerprint density at radius 1 is 1.38 bits per heavy atom. The molecule has 1 saturated heterocycles. The number of benzene rings is 1. The summed E-state index contributed by atoms with van der Waals surface area (Å²) in [5.41, 5.74) is 3.13. The largest absolute Gasteiger partial charge is 0.466 e. The van der Waals surface area contributed by atoms with Crippen LogP contribution < -0.4 is 5.32 Å². The van der Waals surface area contributed by atoms with E-state index in [-0.39, 0.29) is 11.4 Å². The monoisotopic (exact) mass is 302 g/mol. The summed E-state index contributed by atoms with van der Waals surface area (Å²) in [5.74, 6) is 1.75. The van der Waals surface area contributed by atoms with Crippen molar-refractivity contribution >= 4 is 23.5 Å². The molecule has 1 aliphatic rings. The minimum Gasteiger partial charge on any atom is -0.466 e. The standard InChI is InChI=1S/C16H18N2O2S/c1-11-5-6-13(12(2)10-11)17-16(19)18-7-9-21-15(18)14-4-3-8-20-14/h3-6,8,10,15H,7,9H2,1-2H3,(H,17,19)/t15-/m0/s1. The summed E-state index contributed by atoms with van der Waals surface area (Å²) in [6, 6.07) is 9.72. The molecule has 0 radical (unpaired) electrons. The van der Waals surface area contributed by atoms with E-state index in [0.29, 0.717) is 0 Å². The molecular weight excluding hydrogens is 284 g/mol. The highest BCUT2D eigenvalue weighted by Crippen LogP contribution is 2.38. The Labute approximate surface area is 128 Å². The van der Waals surface area contributed by atoms with Crippen molar-refractivity contribution in [3.8, 4) is 0 Å². The fraction of sp³-hybridized carbons (Fsp3) is 0.312. The molecule has 4 nitrogen and oxygen atoms in total. The summed E-state index contributed by atoms with van der Waals surface area (Å²) >= 11 is 1.73. The number of urea groups is 1. The van der Waals surface area contributed by atoms with E-state index >= 15 is 0 Å². The normalized spacial score (nSPS) is 18.0. The van der Waals surface area contributed by atoms with Gasteiger partial charge in [-0.3, -0.25) is 0 Å². The Kier molecular flexibility index (Phi) is 3.92. The lowest BCUT2D eigenvalue weighted by atomic mass is 10.1. The van der Waals surface area contributed by atoms with Gasteiger partial charge >= 0.3 is 6.03 Å². The van der Waals surface area contributed by atoms with Gasteiger partial charge in [0, 0.05) is 18.0 Å². The van der Waals surface area contributed by atoms with E-state index in [0.717, 1.165) is 29.3 Å². The predicted octanol–water partition coefficient (Wildman–Crippen LogP) is 4.18. The highest BCUT2D eigenvalue weighted by molar-refractivity contribution is 7.99. The van der Waals surface area contributed by atoms with Crippen LogP contribution in [0.2, 0.25) is 0 Å². The molecule has 1 aliphatic heterocycles. The molecule has 1 aromatic carbocycles. The van der Waals surface area contributed by atoms with Crippen molar-refractivity contribution in [1.82, 2.24) is 4.90 Å². The van der Waals surface area contributed by atoms with Gasteiger partial charge in [-0.1, -0.05) is 17.7 Å². The fourth-order valence-corrected chi connectivity index (χ4v) is 3.69. The number of anilines is 1. The second-order valence-corrected chi connectivity index (χ2v) is 6.37. The summed E-state index contributed by atoms with van der Waals surface area (Å²) < 4.78 is 5.44. The third-order valence-electron chi connectivity index (χ3n) is 3.56. The lowest BCUT2D eigenvalue weighted by Crippen LogP contribution is -2.34. The van der Waals surface area contributed by atoms with Crippen LogP contribution in [0.1, 0.15) is 22.3 Å². The van der Waals surface area contributed by atoms with E-state index in [2.05, 4.69) is 11.4 Å². The number of thioether (sulfide) groups is 1. The molecule has 1 atom stereocenters. The lowest BCUT2D eigenvalue weighted by Gasteiger charge is -2.23. The second kappa shape index (κ2) is 5.85. The quantitative estimate of drug-likeness (QED) is 0.905. The molecule has 0 spiro atoms. The van der Waals surface area contributed by atoms with E-state index < -0.39 is 0 Å². The summed E-state index contributed by atoms with van der Waals surface area (Å²) in [7, 11) is 0. The fourth-order valence-electron chi connectivity index (χ4n) is 2.49. The molecule has 110 valence electrons. The zero-order valence-corrected chi connectivity index (χ0v) is 12.9. The Morgan fingerprint density at radius 2 is 2.24 bits per heavy atom. The summed E-state index contributed by atoms with van der Waals surface area (Å²) in [6.45, 7) is 4.78. The van der Waals surface area contributed by atoms with Crippen LogP contribution in [0.3, 0.4) is 0 Å². The molecular formula is C16H18N2O2S. The maximum Gasteiger partial charge on any atom is 0.323 e. The van der Waals surface area contributed by atoms with Crippen molar-refractivity contribution in [2.24, 2.45) is 0 Å². The van der Waals surface area contributed by atoms with Crippen LogP contribution in [0.25, 0.3) is 0 Å². The van der Waals surface area contributed by atoms with Gasteiger partial charge in [-0.25, -0.2) is 4.79 Å². The zero-order valence-electron chi connectivity index (χ0n) is 12.1. The Balaban J connectivity index is 1.75. The second-order valence-electron chi connectivity index (χ2n) is 5.18. The molecule has 0 saturated carbocycles. The number of hydrogen-bond donors (Lipinski definition) is 1. The van der Waals surface area contributed by atoms with E-state index in [1.165, 1.54) is 5.56 Å². The van der Waals surface area contributed by atoms with Crippen LogP contribution in [0.15, 0.2) is 41.0 Å². The number of nitrogens with zero attached hydrogens (tertiary/aromatic N) is 1. The number of furan rings is 1. The van der Waals surface area contributed by atoms with Gasteiger partial charge in [-0.2, -0.15) is 0 Å². The molecule has 2 aromatic rings. The molecule has 2 amide bonds. The minimum absolute atomic E-state index is 0.0363. The third-order valence-corrected chi connectivity index (χ3v) is 4.78. The molecule has 21 heavy (non-hydrogen) atoms. The predicted molar refractivity (Wildman–Crippen MR) is 85.5 cm³/mol. The van der Waals surface area contributed by atoms with Crippen LogP contribution in [0.4, 0.5) is 10.5 Å². The van der Waals surface area contributed by atoms with Crippen molar-refractivity contribution < 1.29 is 9.21 Å². The Bertz CT molecular complexity index is 640. The van der Waals surface area contributed by atoms with Gasteiger partial charge in [0.2, 0.25) is 0 Å². The number of aryl methyl sites for hydroxylation is 2. The number of carbonyl (C=O) groups excluding carboxylic acids is 1. The summed E-state index contributed by atoms with van der Waals surface area (Å²) in [5, 5.41) is 2.97. The van der Waals surface area contributed by atoms with Crippen LogP contribution in [0, 0.1) is 13.8 Å². The zero-order chi connectivity index (χ0) is 14.8. The first-order chi connectivity index (χ1) is 10.1. The van der Waals surface area contributed by atoms with Crippen molar-refractivity contribution in [2.75, 3.05) is 17.6 Å². The van der Waals surface area contributed by atoms with Crippen LogP contribution in [-0.2, 0) is 0 Å². The molecule has 5 heteroatoms. The van der Waals surface area contributed by atoms with Crippen molar-refractivity contribution in [3.63, 3.8) is 0 Å². The van der Waals surface area contributed by atoms with Gasteiger partial charge in [0.1, 0.15) is 11.1 Å². The number of hydrogen-bond acceptors (Lipinski definition) is 3. The van der Waals surface area contributed by atoms with E-state index in [1.807, 2.05) is 43.0 Å². The molecule has 0 aliphatic carbocycles. The van der Waals surface area contributed by atoms with E-state index in [4.69, 9.17) is 4.42 Å². The molecule has 1 N–H and O–H groups in total. The molecule has 2 heterocycles. The molecule has 0 unspecified atom stereocenters. The number of rotatable bonds is 2. The first-order valence-electron chi connectivity index (χ1n) is 6.95. The number of amides is 2. The lowest BCUT2D eigenvalue weighted by molar-refractivity contribution is 0.209. The van der Waals surface area contributed by atoms with Gasteiger partial charge in [-0.15, -0.1) is 11.8 Å². The molecule has 1 fully saturated rings.